The highest BCUT2D eigenvalue weighted by atomic mass is 19.4. The van der Waals surface area contributed by atoms with E-state index in [-0.39, 0.29) is 11.9 Å². The van der Waals surface area contributed by atoms with Gasteiger partial charge in [-0.3, -0.25) is 14.2 Å². The largest absolute Gasteiger partial charge is 0.490 e. The lowest BCUT2D eigenvalue weighted by atomic mass is 10.1. The molecule has 2 aliphatic heterocycles. The van der Waals surface area contributed by atoms with Crippen LogP contribution in [0.5, 0.6) is 0 Å². The van der Waals surface area contributed by atoms with Crippen molar-refractivity contribution in [2.45, 2.75) is 37.8 Å². The summed E-state index contributed by atoms with van der Waals surface area (Å²) < 4.78 is 79.3. The molecule has 2 fully saturated rings. The molecule has 4 heterocycles. The molecule has 1 unspecified atom stereocenters. The molecule has 236 valence electrons. The predicted octanol–water partition coefficient (Wildman–Crippen LogP) is 4.83. The third-order valence-corrected chi connectivity index (χ3v) is 6.77. The molecule has 0 spiro atoms. The molecule has 1 atom stereocenters. The van der Waals surface area contributed by atoms with Crippen LogP contribution in [0, 0.1) is 5.82 Å². The molecule has 0 amide bonds. The first-order chi connectivity index (χ1) is 20.1. The van der Waals surface area contributed by atoms with Crippen molar-refractivity contribution in [2.75, 3.05) is 44.7 Å². The Morgan fingerprint density at radius 3 is 2.05 bits per heavy atom. The van der Waals surface area contributed by atoms with E-state index in [9.17, 15) is 30.7 Å². The molecule has 1 aromatic carbocycles. The minimum atomic E-state index is -5.08. The highest BCUT2D eigenvalue weighted by molar-refractivity contribution is 5.73. The van der Waals surface area contributed by atoms with E-state index in [4.69, 9.17) is 24.8 Å². The van der Waals surface area contributed by atoms with Crippen LogP contribution in [0.25, 0.3) is 5.65 Å². The first-order valence-corrected chi connectivity index (χ1v) is 13.1. The van der Waals surface area contributed by atoms with Gasteiger partial charge in [0.05, 0.1) is 11.7 Å². The van der Waals surface area contributed by atoms with Gasteiger partial charge in [0.2, 0.25) is 0 Å². The van der Waals surface area contributed by atoms with Crippen LogP contribution in [0.15, 0.2) is 48.7 Å². The molecule has 0 radical (unpaired) electrons. The smallest absolute Gasteiger partial charge is 0.475 e. The fourth-order valence-electron chi connectivity index (χ4n) is 4.67. The average Bonchev–Trinajstić information content (AvgIpc) is 3.60. The first-order valence-electron chi connectivity index (χ1n) is 13.1. The predicted molar refractivity (Wildman–Crippen MR) is 141 cm³/mol. The topological polar surface area (TPSA) is 102 Å². The number of piperazine rings is 1. The Morgan fingerprint density at radius 2 is 1.49 bits per heavy atom. The van der Waals surface area contributed by atoms with Gasteiger partial charge < -0.3 is 15.1 Å². The monoisotopic (exact) mass is 621 g/mol. The maximum Gasteiger partial charge on any atom is 0.490 e. The van der Waals surface area contributed by atoms with Gasteiger partial charge in [-0.25, -0.2) is 19.0 Å². The van der Waals surface area contributed by atoms with Gasteiger partial charge in [-0.15, -0.1) is 0 Å². The number of hydrogen-bond acceptors (Lipinski definition) is 6. The van der Waals surface area contributed by atoms with Crippen LogP contribution in [-0.2, 0) is 16.1 Å². The number of pyridine rings is 1. The number of nitrogens with zero attached hydrogens (tertiary/aromatic N) is 5. The Morgan fingerprint density at radius 1 is 0.907 bits per heavy atom. The fraction of sp³-hybridized carbons (Fsp3) is 0.444. The molecule has 0 bridgehead atoms. The van der Waals surface area contributed by atoms with Crippen molar-refractivity contribution >= 4 is 23.4 Å². The SMILES string of the molecule is CN1CCN(Cc2cccc(F)c2)CC1c1cn2c(N3CCCC3)cccc2n1.O=C(O)C(F)(F)F.O=C(O)C(F)(F)F. The van der Waals surface area contributed by atoms with E-state index in [2.05, 4.69) is 50.5 Å². The van der Waals surface area contributed by atoms with Crippen LogP contribution in [0.3, 0.4) is 0 Å². The minimum absolute atomic E-state index is 0.164. The molecule has 43 heavy (non-hydrogen) atoms. The van der Waals surface area contributed by atoms with Crippen LogP contribution in [-0.4, -0.2) is 93.5 Å². The first kappa shape index (κ1) is 33.6. The summed E-state index contributed by atoms with van der Waals surface area (Å²) in [5, 5.41) is 14.2. The van der Waals surface area contributed by atoms with Gasteiger partial charge in [0.15, 0.2) is 0 Å². The van der Waals surface area contributed by atoms with E-state index in [1.54, 1.807) is 12.1 Å². The zero-order valence-electron chi connectivity index (χ0n) is 22.9. The van der Waals surface area contributed by atoms with Crippen molar-refractivity contribution in [3.8, 4) is 0 Å². The number of rotatable bonds is 4. The second kappa shape index (κ2) is 14.0. The molecule has 2 aromatic heterocycles. The molecule has 2 aliphatic rings. The lowest BCUT2D eigenvalue weighted by molar-refractivity contribution is -0.193. The summed E-state index contributed by atoms with van der Waals surface area (Å²) in [5.74, 6) is -4.43. The number of aliphatic carboxylic acids is 2. The van der Waals surface area contributed by atoms with Gasteiger partial charge in [0, 0.05) is 45.5 Å². The number of anilines is 1. The van der Waals surface area contributed by atoms with Gasteiger partial charge in [-0.2, -0.15) is 26.3 Å². The Kier molecular flexibility index (Phi) is 11.0. The molecule has 2 N–H and O–H groups in total. The van der Waals surface area contributed by atoms with E-state index in [1.807, 2.05) is 6.07 Å². The van der Waals surface area contributed by atoms with Crippen molar-refractivity contribution in [3.63, 3.8) is 0 Å². The summed E-state index contributed by atoms with van der Waals surface area (Å²) in [4.78, 5) is 30.0. The van der Waals surface area contributed by atoms with Crippen molar-refractivity contribution < 1.29 is 50.5 Å². The summed E-state index contributed by atoms with van der Waals surface area (Å²) in [6, 6.07) is 13.6. The number of fused-ring (bicyclic) bond motifs is 1. The number of likely N-dealkylation sites (N-methyl/N-ethyl adjacent to an activating group) is 1. The van der Waals surface area contributed by atoms with E-state index >= 15 is 0 Å². The maximum atomic E-state index is 13.6. The Hall–Kier alpha value is -3.92. The van der Waals surface area contributed by atoms with Crippen LogP contribution in [0.2, 0.25) is 0 Å². The number of imidazole rings is 1. The van der Waals surface area contributed by atoms with Gasteiger partial charge in [-0.05, 0) is 49.7 Å². The zero-order chi connectivity index (χ0) is 31.9. The lowest BCUT2D eigenvalue weighted by Gasteiger charge is -2.38. The molecular formula is C27H30F7N5O4. The average molecular weight is 622 g/mol. The van der Waals surface area contributed by atoms with Crippen molar-refractivity contribution in [1.82, 2.24) is 19.2 Å². The molecule has 3 aromatic rings. The number of alkyl halides is 6. The third kappa shape index (κ3) is 9.54. The van der Waals surface area contributed by atoms with E-state index < -0.39 is 24.3 Å². The summed E-state index contributed by atoms with van der Waals surface area (Å²) in [6.07, 6.45) is -5.42. The van der Waals surface area contributed by atoms with Gasteiger partial charge in [0.1, 0.15) is 17.3 Å². The molecule has 5 rings (SSSR count). The molecule has 0 aliphatic carbocycles. The van der Waals surface area contributed by atoms with Crippen molar-refractivity contribution in [1.29, 1.82) is 0 Å². The Labute approximate surface area is 241 Å². The number of aromatic nitrogens is 2. The van der Waals surface area contributed by atoms with E-state index in [0.29, 0.717) is 0 Å². The molecule has 2 saturated heterocycles. The molecular weight excluding hydrogens is 591 g/mol. The second-order valence-corrected chi connectivity index (χ2v) is 9.94. The Balaban J connectivity index is 0.000000303. The second-order valence-electron chi connectivity index (χ2n) is 9.94. The maximum absolute atomic E-state index is 13.6. The minimum Gasteiger partial charge on any atom is -0.475 e. The van der Waals surface area contributed by atoms with Crippen LogP contribution < -0.4 is 4.90 Å². The van der Waals surface area contributed by atoms with Gasteiger partial charge in [0.25, 0.3) is 0 Å². The number of benzene rings is 1. The molecule has 9 nitrogen and oxygen atoms in total. The summed E-state index contributed by atoms with van der Waals surface area (Å²) in [5.41, 5.74) is 3.16. The van der Waals surface area contributed by atoms with Crippen LogP contribution in [0.1, 0.15) is 30.1 Å². The normalized spacial score (nSPS) is 18.0. The number of halogens is 7. The summed E-state index contributed by atoms with van der Waals surface area (Å²) >= 11 is 0. The Bertz CT molecular complexity index is 1370. The molecule has 16 heteroatoms. The third-order valence-electron chi connectivity index (χ3n) is 6.77. The van der Waals surface area contributed by atoms with Crippen LogP contribution >= 0.6 is 0 Å². The fourth-order valence-corrected chi connectivity index (χ4v) is 4.67. The standard InChI is InChI=1S/C23H28FN5.2C2HF3O2/c1-26-12-13-27(15-18-6-4-7-19(24)14-18)17-21(26)20-16-29-22(25-20)8-5-9-23(29)28-10-2-3-11-28;2*3-2(4,5)1(6)7/h4-9,14,16,21H,2-3,10-13,15,17H2,1H3;2*(H,6,7). The van der Waals surface area contributed by atoms with E-state index in [0.717, 1.165) is 56.2 Å². The molecule has 0 saturated carbocycles. The number of carboxylic acids is 2. The van der Waals surface area contributed by atoms with Gasteiger partial charge >= 0.3 is 24.3 Å². The highest BCUT2D eigenvalue weighted by Crippen LogP contribution is 2.28. The van der Waals surface area contributed by atoms with Crippen molar-refractivity contribution in [2.24, 2.45) is 0 Å². The number of carbonyl (C=O) groups is 2. The zero-order valence-corrected chi connectivity index (χ0v) is 22.9. The lowest BCUT2D eigenvalue weighted by Crippen LogP contribution is -2.46. The summed E-state index contributed by atoms with van der Waals surface area (Å²) in [7, 11) is 2.18. The van der Waals surface area contributed by atoms with E-state index in [1.165, 1.54) is 24.7 Å². The van der Waals surface area contributed by atoms with Crippen LogP contribution in [0.4, 0.5) is 36.6 Å². The van der Waals surface area contributed by atoms with Crippen molar-refractivity contribution in [3.05, 3.63) is 65.7 Å². The highest BCUT2D eigenvalue weighted by Gasteiger charge is 2.39. The summed E-state index contributed by atoms with van der Waals surface area (Å²) in [6.45, 7) is 5.88. The number of carboxylic acid groups (broad SMARTS) is 2. The van der Waals surface area contributed by atoms with Gasteiger partial charge in [-0.1, -0.05) is 18.2 Å². The number of hydrogen-bond donors (Lipinski definition) is 2. The quantitative estimate of drug-likeness (QED) is 0.400.